The fraction of sp³-hybridized carbons (Fsp3) is 1.00. The fourth-order valence-electron chi connectivity index (χ4n) is 1.76. The SMILES string of the molecule is CC(C)C(C(C)C)S(C)(=O)=O. The summed E-state index contributed by atoms with van der Waals surface area (Å²) in [4.78, 5) is 0. The average molecular weight is 178 g/mol. The van der Waals surface area contributed by atoms with Crippen molar-refractivity contribution in [2.75, 3.05) is 6.26 Å². The lowest BCUT2D eigenvalue weighted by Crippen LogP contribution is -2.30. The van der Waals surface area contributed by atoms with Crippen molar-refractivity contribution in [1.29, 1.82) is 0 Å². The van der Waals surface area contributed by atoms with Gasteiger partial charge in [0.2, 0.25) is 0 Å². The summed E-state index contributed by atoms with van der Waals surface area (Å²) in [5, 5.41) is -0.192. The van der Waals surface area contributed by atoms with Gasteiger partial charge in [0.15, 0.2) is 9.84 Å². The molecule has 0 aliphatic carbocycles. The smallest absolute Gasteiger partial charge is 0.150 e. The first-order chi connectivity index (χ1) is 4.76. The second kappa shape index (κ2) is 3.57. The lowest BCUT2D eigenvalue weighted by atomic mass is 10.0. The maximum absolute atomic E-state index is 11.2. The standard InChI is InChI=1S/C8H18O2S/c1-6(2)8(7(3)4)11(5,9)10/h6-8H,1-5H3. The van der Waals surface area contributed by atoms with E-state index in [0.29, 0.717) is 0 Å². The zero-order valence-corrected chi connectivity index (χ0v) is 8.77. The van der Waals surface area contributed by atoms with Crippen molar-refractivity contribution >= 4 is 9.84 Å². The van der Waals surface area contributed by atoms with Crippen LogP contribution in [0.1, 0.15) is 27.7 Å². The van der Waals surface area contributed by atoms with Gasteiger partial charge < -0.3 is 0 Å². The summed E-state index contributed by atoms with van der Waals surface area (Å²) in [6.45, 7) is 7.80. The minimum Gasteiger partial charge on any atom is -0.229 e. The number of sulfone groups is 1. The van der Waals surface area contributed by atoms with Crippen LogP contribution in [0.3, 0.4) is 0 Å². The monoisotopic (exact) mass is 178 g/mol. The normalized spacial score (nSPS) is 13.5. The molecule has 0 unspecified atom stereocenters. The Hall–Kier alpha value is -0.0500. The van der Waals surface area contributed by atoms with Gasteiger partial charge in [0, 0.05) is 6.26 Å². The van der Waals surface area contributed by atoms with Gasteiger partial charge in [-0.2, -0.15) is 0 Å². The van der Waals surface area contributed by atoms with Gasteiger partial charge in [0.05, 0.1) is 5.25 Å². The van der Waals surface area contributed by atoms with Gasteiger partial charge in [-0.15, -0.1) is 0 Å². The van der Waals surface area contributed by atoms with Crippen LogP contribution < -0.4 is 0 Å². The molecule has 0 aliphatic rings. The molecule has 11 heavy (non-hydrogen) atoms. The molecule has 0 aliphatic heterocycles. The van der Waals surface area contributed by atoms with E-state index in [1.807, 2.05) is 27.7 Å². The molecule has 0 aromatic rings. The van der Waals surface area contributed by atoms with Gasteiger partial charge in [0.1, 0.15) is 0 Å². The zero-order chi connectivity index (χ0) is 9.23. The van der Waals surface area contributed by atoms with Gasteiger partial charge in [-0.1, -0.05) is 27.7 Å². The van der Waals surface area contributed by atoms with E-state index in [1.165, 1.54) is 6.26 Å². The predicted octanol–water partition coefficient (Wildman–Crippen LogP) is 1.71. The van der Waals surface area contributed by atoms with Crippen molar-refractivity contribution in [3.8, 4) is 0 Å². The van der Waals surface area contributed by atoms with E-state index in [0.717, 1.165) is 0 Å². The average Bonchev–Trinajstić information content (AvgIpc) is 1.54. The molecule has 0 amide bonds. The molecular weight excluding hydrogens is 160 g/mol. The summed E-state index contributed by atoms with van der Waals surface area (Å²) < 4.78 is 22.4. The van der Waals surface area contributed by atoms with Crippen molar-refractivity contribution < 1.29 is 8.42 Å². The third kappa shape index (κ3) is 3.23. The van der Waals surface area contributed by atoms with Crippen LogP contribution in [0.5, 0.6) is 0 Å². The van der Waals surface area contributed by atoms with E-state index in [2.05, 4.69) is 0 Å². The zero-order valence-electron chi connectivity index (χ0n) is 7.96. The van der Waals surface area contributed by atoms with Crippen molar-refractivity contribution in [3.63, 3.8) is 0 Å². The van der Waals surface area contributed by atoms with Crippen molar-refractivity contribution in [1.82, 2.24) is 0 Å². The van der Waals surface area contributed by atoms with E-state index in [4.69, 9.17) is 0 Å². The molecule has 0 rings (SSSR count). The number of hydrogen-bond donors (Lipinski definition) is 0. The molecule has 0 radical (unpaired) electrons. The second-order valence-electron chi connectivity index (χ2n) is 3.78. The number of rotatable bonds is 3. The summed E-state index contributed by atoms with van der Waals surface area (Å²) in [5.41, 5.74) is 0. The Morgan fingerprint density at radius 2 is 1.18 bits per heavy atom. The minimum atomic E-state index is -2.86. The molecule has 68 valence electrons. The second-order valence-corrected chi connectivity index (χ2v) is 5.99. The van der Waals surface area contributed by atoms with Crippen LogP contribution in [-0.4, -0.2) is 19.9 Å². The number of hydrogen-bond acceptors (Lipinski definition) is 2. The molecule has 0 saturated heterocycles. The Bertz CT molecular complexity index is 194. The molecule has 0 aromatic heterocycles. The van der Waals surface area contributed by atoms with E-state index in [1.54, 1.807) is 0 Å². The molecule has 0 bridgehead atoms. The summed E-state index contributed by atoms with van der Waals surface area (Å²) in [6.07, 6.45) is 1.32. The minimum absolute atomic E-state index is 0.192. The topological polar surface area (TPSA) is 34.1 Å². The Morgan fingerprint density at radius 1 is 0.909 bits per heavy atom. The van der Waals surface area contributed by atoms with Crippen LogP contribution in [0.2, 0.25) is 0 Å². The molecule has 0 saturated carbocycles. The van der Waals surface area contributed by atoms with Crippen molar-refractivity contribution in [3.05, 3.63) is 0 Å². The first kappa shape index (κ1) is 11.0. The molecule has 0 N–H and O–H groups in total. The highest BCUT2D eigenvalue weighted by molar-refractivity contribution is 7.91. The third-order valence-corrected chi connectivity index (χ3v) is 3.89. The molecule has 0 spiro atoms. The van der Waals surface area contributed by atoms with E-state index >= 15 is 0 Å². The molecule has 2 nitrogen and oxygen atoms in total. The first-order valence-electron chi connectivity index (χ1n) is 3.95. The highest BCUT2D eigenvalue weighted by Gasteiger charge is 2.27. The van der Waals surface area contributed by atoms with Crippen LogP contribution in [0.25, 0.3) is 0 Å². The summed E-state index contributed by atoms with van der Waals surface area (Å²) in [6, 6.07) is 0. The van der Waals surface area contributed by atoms with Gasteiger partial charge >= 0.3 is 0 Å². The Kier molecular flexibility index (Phi) is 3.55. The van der Waals surface area contributed by atoms with Crippen LogP contribution in [0.4, 0.5) is 0 Å². The van der Waals surface area contributed by atoms with Crippen LogP contribution in [0, 0.1) is 11.8 Å². The van der Waals surface area contributed by atoms with Crippen LogP contribution in [0.15, 0.2) is 0 Å². The van der Waals surface area contributed by atoms with E-state index in [9.17, 15) is 8.42 Å². The van der Waals surface area contributed by atoms with E-state index in [-0.39, 0.29) is 17.1 Å². The summed E-state index contributed by atoms with van der Waals surface area (Å²) in [7, 11) is -2.86. The first-order valence-corrected chi connectivity index (χ1v) is 5.91. The van der Waals surface area contributed by atoms with Gasteiger partial charge in [-0.3, -0.25) is 0 Å². The maximum atomic E-state index is 11.2. The molecule has 0 atom stereocenters. The van der Waals surface area contributed by atoms with Crippen LogP contribution in [-0.2, 0) is 9.84 Å². The fourth-order valence-corrected chi connectivity index (χ4v) is 3.74. The molecule has 0 fully saturated rings. The van der Waals surface area contributed by atoms with Gasteiger partial charge in [0.25, 0.3) is 0 Å². The predicted molar refractivity (Wildman–Crippen MR) is 48.3 cm³/mol. The largest absolute Gasteiger partial charge is 0.229 e. The van der Waals surface area contributed by atoms with E-state index < -0.39 is 9.84 Å². The molecule has 3 heteroatoms. The van der Waals surface area contributed by atoms with Crippen molar-refractivity contribution in [2.45, 2.75) is 32.9 Å². The molecule has 0 aromatic carbocycles. The molecule has 0 heterocycles. The Morgan fingerprint density at radius 3 is 1.18 bits per heavy atom. The summed E-state index contributed by atoms with van der Waals surface area (Å²) in [5.74, 6) is 0.426. The lowest BCUT2D eigenvalue weighted by Gasteiger charge is -2.22. The van der Waals surface area contributed by atoms with Crippen LogP contribution >= 0.6 is 0 Å². The maximum Gasteiger partial charge on any atom is 0.150 e. The highest BCUT2D eigenvalue weighted by Crippen LogP contribution is 2.19. The Balaban J connectivity index is 4.64. The lowest BCUT2D eigenvalue weighted by molar-refractivity contribution is 0.453. The molecular formula is C8H18O2S. The summed E-state index contributed by atoms with van der Waals surface area (Å²) >= 11 is 0. The quantitative estimate of drug-likeness (QED) is 0.659. The van der Waals surface area contributed by atoms with Gasteiger partial charge in [-0.25, -0.2) is 8.42 Å². The third-order valence-electron chi connectivity index (χ3n) is 1.81. The van der Waals surface area contributed by atoms with Gasteiger partial charge in [-0.05, 0) is 11.8 Å². The van der Waals surface area contributed by atoms with Crippen molar-refractivity contribution in [2.24, 2.45) is 11.8 Å². The highest BCUT2D eigenvalue weighted by atomic mass is 32.2. The Labute approximate surface area is 69.9 Å².